The van der Waals surface area contributed by atoms with Crippen molar-refractivity contribution < 1.29 is 9.53 Å². The van der Waals surface area contributed by atoms with E-state index in [9.17, 15) is 4.79 Å². The van der Waals surface area contributed by atoms with Crippen LogP contribution < -0.4 is 5.32 Å². The Labute approximate surface area is 89.4 Å². The van der Waals surface area contributed by atoms with Crippen molar-refractivity contribution in [3.8, 4) is 5.92 Å². The number of methoxy groups -OCH3 is 1. The second-order valence-electron chi connectivity index (χ2n) is 2.80. The van der Waals surface area contributed by atoms with Crippen LogP contribution in [-0.2, 0) is 9.53 Å². The summed E-state index contributed by atoms with van der Waals surface area (Å²) in [4.78, 5) is 10.9. The van der Waals surface area contributed by atoms with E-state index < -0.39 is 0 Å². The van der Waals surface area contributed by atoms with Gasteiger partial charge in [-0.3, -0.25) is 0 Å². The molecular weight excluding hydrogens is 190 g/mol. The topological polar surface area (TPSA) is 38.3 Å². The molecule has 1 rings (SSSR count). The number of nitrogens with one attached hydrogen (secondary N) is 1. The number of carbonyl (C=O) groups excluding carboxylic acids is 1. The Kier molecular flexibility index (Phi) is 4.48. The first-order valence-electron chi connectivity index (χ1n) is 4.43. The molecule has 0 atom stereocenters. The Morgan fingerprint density at radius 2 is 2.20 bits per heavy atom. The molecule has 3 nitrogen and oxygen atoms in total. The number of hydrogen-bond donors (Lipinski definition) is 1. The van der Waals surface area contributed by atoms with E-state index in [0.717, 1.165) is 5.56 Å². The molecule has 3 heteroatoms. The number of ether oxygens (including phenoxy) is 1. The molecule has 15 heavy (non-hydrogen) atoms. The molecule has 0 spiro atoms. The van der Waals surface area contributed by atoms with E-state index >= 15 is 0 Å². The molecule has 1 aromatic carbocycles. The van der Waals surface area contributed by atoms with Crippen molar-refractivity contribution in [3.05, 3.63) is 48.4 Å². The van der Waals surface area contributed by atoms with Crippen molar-refractivity contribution in [1.29, 1.82) is 0 Å². The van der Waals surface area contributed by atoms with E-state index in [2.05, 4.69) is 16.0 Å². The van der Waals surface area contributed by atoms with Crippen molar-refractivity contribution in [2.75, 3.05) is 13.7 Å². The quantitative estimate of drug-likeness (QED) is 0.447. The molecular formula is C12H11NO2. The molecule has 0 radical (unpaired) electrons. The molecule has 0 fully saturated rings. The Hall–Kier alpha value is -1.70. The summed E-state index contributed by atoms with van der Waals surface area (Å²) >= 11 is 0. The third kappa shape index (κ3) is 3.50. The Morgan fingerprint density at radius 3 is 2.73 bits per heavy atom. The molecule has 0 aliphatic rings. The van der Waals surface area contributed by atoms with Gasteiger partial charge in [0.05, 0.1) is 0 Å². The molecule has 0 heterocycles. The number of benzene rings is 1. The fourth-order valence-corrected chi connectivity index (χ4v) is 1.06. The van der Waals surface area contributed by atoms with Crippen LogP contribution in [-0.4, -0.2) is 19.6 Å². The standard InChI is InChI=1S/C12H11NO2/c1-3-11(13-9-12(14)15-2)10-7-5-4-6-8-10/h4-8,13H,9H2,2H3. The fourth-order valence-electron chi connectivity index (χ4n) is 1.06. The second-order valence-corrected chi connectivity index (χ2v) is 2.80. The molecule has 0 aliphatic carbocycles. The van der Waals surface area contributed by atoms with Crippen LogP contribution in [0.4, 0.5) is 0 Å². The van der Waals surface area contributed by atoms with Crippen LogP contribution in [0.3, 0.4) is 0 Å². The molecule has 0 amide bonds. The number of esters is 1. The third-order valence-corrected chi connectivity index (χ3v) is 1.82. The maximum absolute atomic E-state index is 10.9. The zero-order valence-corrected chi connectivity index (χ0v) is 8.41. The molecule has 76 valence electrons. The van der Waals surface area contributed by atoms with Crippen LogP contribution >= 0.6 is 0 Å². The first kappa shape index (κ1) is 11.4. The minimum atomic E-state index is -0.376. The normalized spacial score (nSPS) is 9.27. The maximum atomic E-state index is 10.9. The molecule has 1 aromatic rings. The molecule has 1 N–H and O–H groups in total. The van der Waals surface area contributed by atoms with Gasteiger partial charge in [-0.15, -0.1) is 0 Å². The van der Waals surface area contributed by atoms with E-state index in [-0.39, 0.29) is 12.5 Å². The molecule has 0 saturated carbocycles. The monoisotopic (exact) mass is 201 g/mol. The van der Waals surface area contributed by atoms with Gasteiger partial charge in [-0.2, -0.15) is 0 Å². The van der Waals surface area contributed by atoms with Crippen LogP contribution in [0.5, 0.6) is 0 Å². The number of rotatable bonds is 4. The van der Waals surface area contributed by atoms with Gasteiger partial charge in [0, 0.05) is 0 Å². The average molecular weight is 201 g/mol. The fraction of sp³-hybridized carbons (Fsp3) is 0.167. The average Bonchev–Trinajstić information content (AvgIpc) is 2.31. The second kappa shape index (κ2) is 5.91. The van der Waals surface area contributed by atoms with Gasteiger partial charge < -0.3 is 0 Å². The van der Waals surface area contributed by atoms with E-state index in [1.807, 2.05) is 30.3 Å². The zero-order valence-electron chi connectivity index (χ0n) is 8.41. The van der Waals surface area contributed by atoms with E-state index in [4.69, 9.17) is 6.42 Å². The summed E-state index contributed by atoms with van der Waals surface area (Å²) in [6.45, 7) is 0.0343. The zero-order chi connectivity index (χ0) is 11.1. The van der Waals surface area contributed by atoms with E-state index in [0.29, 0.717) is 6.04 Å². The van der Waals surface area contributed by atoms with Gasteiger partial charge in [-0.05, 0) is 0 Å². The van der Waals surface area contributed by atoms with Crippen molar-refractivity contribution in [2.24, 2.45) is 0 Å². The molecule has 0 aromatic heterocycles. The van der Waals surface area contributed by atoms with Gasteiger partial charge in [0.15, 0.2) is 0 Å². The molecule has 0 aliphatic heterocycles. The Bertz CT molecular complexity index is 354. The summed E-state index contributed by atoms with van der Waals surface area (Å²) in [6.07, 6.45) is 7.10. The van der Waals surface area contributed by atoms with Gasteiger partial charge in [0.2, 0.25) is 0 Å². The summed E-state index contributed by atoms with van der Waals surface area (Å²) in [7, 11) is 1.32. The summed E-state index contributed by atoms with van der Waals surface area (Å²) in [5.41, 5.74) is 0.816. The van der Waals surface area contributed by atoms with Gasteiger partial charge in [0.25, 0.3) is 0 Å². The molecule has 0 bridgehead atoms. The van der Waals surface area contributed by atoms with Crippen molar-refractivity contribution in [3.63, 3.8) is 0 Å². The summed E-state index contributed by atoms with van der Waals surface area (Å²) in [6, 6.07) is 9.73. The van der Waals surface area contributed by atoms with Gasteiger partial charge in [-0.25, -0.2) is 0 Å². The summed E-state index contributed by atoms with van der Waals surface area (Å²) in [5, 5.41) is 2.78. The SMILES string of the molecule is [C+]#C[C-](NCC(=O)OC)c1ccccc1. The van der Waals surface area contributed by atoms with Crippen molar-refractivity contribution >= 4 is 5.97 Å². The Morgan fingerprint density at radius 1 is 1.53 bits per heavy atom. The predicted molar refractivity (Wildman–Crippen MR) is 55.9 cm³/mol. The minimum absolute atomic E-state index is 0.0343. The van der Waals surface area contributed by atoms with Gasteiger partial charge in [0.1, 0.15) is 0 Å². The first-order valence-corrected chi connectivity index (χ1v) is 4.43. The van der Waals surface area contributed by atoms with Crippen molar-refractivity contribution in [2.45, 2.75) is 0 Å². The van der Waals surface area contributed by atoms with Crippen molar-refractivity contribution in [1.82, 2.24) is 5.32 Å². The predicted octanol–water partition coefficient (Wildman–Crippen LogP) is 0.919. The molecule has 0 saturated heterocycles. The van der Waals surface area contributed by atoms with Crippen LogP contribution in [0.1, 0.15) is 5.56 Å². The van der Waals surface area contributed by atoms with Crippen LogP contribution in [0.2, 0.25) is 0 Å². The summed E-state index contributed by atoms with van der Waals surface area (Å²) < 4.78 is 4.48. The van der Waals surface area contributed by atoms with Crippen LogP contribution in [0.25, 0.3) is 0 Å². The first-order chi connectivity index (χ1) is 7.27. The van der Waals surface area contributed by atoms with Gasteiger partial charge >= 0.3 is 88.8 Å². The number of hydrogen-bond acceptors (Lipinski definition) is 3. The Balaban J connectivity index is 2.59. The summed E-state index contributed by atoms with van der Waals surface area (Å²) in [5.74, 6) is 1.87. The molecule has 0 unspecified atom stereocenters. The van der Waals surface area contributed by atoms with Crippen LogP contribution in [0.15, 0.2) is 30.3 Å². The number of carbonyl (C=O) groups is 1. The van der Waals surface area contributed by atoms with E-state index in [1.165, 1.54) is 7.11 Å². The van der Waals surface area contributed by atoms with Crippen LogP contribution in [0, 0.1) is 18.4 Å². The third-order valence-electron chi connectivity index (χ3n) is 1.82. The van der Waals surface area contributed by atoms with Gasteiger partial charge in [-0.1, -0.05) is 0 Å². The van der Waals surface area contributed by atoms with E-state index in [1.54, 1.807) is 0 Å².